The number of benzene rings is 1. The second kappa shape index (κ2) is 5.31. The Labute approximate surface area is 128 Å². The number of pyridine rings is 1. The van der Waals surface area contributed by atoms with Crippen molar-refractivity contribution in [3.8, 4) is 0 Å². The molecule has 1 aromatic carbocycles. The molecular formula is C16H12N2O3S. The minimum Gasteiger partial charge on any atom is -0.288 e. The van der Waals surface area contributed by atoms with Crippen LogP contribution in [0.3, 0.4) is 0 Å². The van der Waals surface area contributed by atoms with Gasteiger partial charge in [0.05, 0.1) is 10.6 Å². The Hall–Kier alpha value is -2.60. The highest BCUT2D eigenvalue weighted by Gasteiger charge is 2.21. The normalized spacial score (nSPS) is 15.9. The fraction of sp³-hybridized carbons (Fsp3) is 0.0625. The molecule has 0 saturated heterocycles. The van der Waals surface area contributed by atoms with Gasteiger partial charge in [0.2, 0.25) is 5.78 Å². The number of carbonyl (C=O) groups is 1. The molecule has 0 N–H and O–H groups in total. The second-order valence-corrected chi connectivity index (χ2v) is 6.47. The van der Waals surface area contributed by atoms with Crippen LogP contribution in [0.1, 0.15) is 21.6 Å². The Morgan fingerprint density at radius 2 is 1.77 bits per heavy atom. The minimum atomic E-state index is -3.84. The molecule has 3 rings (SSSR count). The van der Waals surface area contributed by atoms with E-state index < -0.39 is 10.0 Å². The van der Waals surface area contributed by atoms with Gasteiger partial charge in [-0.1, -0.05) is 17.7 Å². The summed E-state index contributed by atoms with van der Waals surface area (Å²) in [5.41, 5.74) is 1.81. The predicted molar refractivity (Wildman–Crippen MR) is 82.6 cm³/mol. The average Bonchev–Trinajstić information content (AvgIpc) is 2.51. The standard InChI is InChI=1S/C16H12N2O3S/c1-11-4-6-12(7-5-11)22(20,21)18-14-8-9-15(19)16-13(14)3-2-10-17-16/h2-10H,1H3. The maximum absolute atomic E-state index is 12.4. The van der Waals surface area contributed by atoms with Crippen molar-refractivity contribution < 1.29 is 13.2 Å². The summed E-state index contributed by atoms with van der Waals surface area (Å²) in [6.45, 7) is 1.87. The fourth-order valence-electron chi connectivity index (χ4n) is 2.10. The molecule has 6 heteroatoms. The van der Waals surface area contributed by atoms with E-state index in [2.05, 4.69) is 9.38 Å². The molecule has 1 aromatic heterocycles. The van der Waals surface area contributed by atoms with E-state index in [0.717, 1.165) is 5.56 Å². The van der Waals surface area contributed by atoms with Gasteiger partial charge in [-0.15, -0.1) is 0 Å². The number of hydrogen-bond donors (Lipinski definition) is 0. The molecule has 2 aromatic rings. The van der Waals surface area contributed by atoms with Crippen molar-refractivity contribution in [1.82, 2.24) is 4.98 Å². The van der Waals surface area contributed by atoms with E-state index in [9.17, 15) is 13.2 Å². The molecule has 0 spiro atoms. The Bertz CT molecular complexity index is 911. The molecule has 1 aliphatic carbocycles. The van der Waals surface area contributed by atoms with E-state index in [-0.39, 0.29) is 22.1 Å². The van der Waals surface area contributed by atoms with Gasteiger partial charge in [-0.05, 0) is 43.3 Å². The van der Waals surface area contributed by atoms with Crippen LogP contribution < -0.4 is 0 Å². The largest absolute Gasteiger partial charge is 0.288 e. The Morgan fingerprint density at radius 3 is 2.50 bits per heavy atom. The average molecular weight is 312 g/mol. The number of aromatic nitrogens is 1. The molecule has 0 atom stereocenters. The molecule has 0 amide bonds. The summed E-state index contributed by atoms with van der Waals surface area (Å²) in [4.78, 5) is 15.9. The zero-order valence-corrected chi connectivity index (χ0v) is 12.5. The lowest BCUT2D eigenvalue weighted by molar-refractivity contribution is 0.104. The number of allylic oxidation sites excluding steroid dienone is 2. The Kier molecular flexibility index (Phi) is 3.46. The summed E-state index contributed by atoms with van der Waals surface area (Å²) < 4.78 is 28.6. The van der Waals surface area contributed by atoms with Crippen LogP contribution in [0, 0.1) is 6.92 Å². The summed E-state index contributed by atoms with van der Waals surface area (Å²) in [5, 5.41) is 0. The van der Waals surface area contributed by atoms with Crippen molar-refractivity contribution in [3.63, 3.8) is 0 Å². The maximum atomic E-state index is 12.4. The number of ketones is 1. The monoisotopic (exact) mass is 312 g/mol. The van der Waals surface area contributed by atoms with Crippen molar-refractivity contribution in [1.29, 1.82) is 0 Å². The molecule has 0 bridgehead atoms. The van der Waals surface area contributed by atoms with Crippen molar-refractivity contribution in [2.24, 2.45) is 4.40 Å². The van der Waals surface area contributed by atoms with Crippen LogP contribution in [0.15, 0.2) is 64.0 Å². The van der Waals surface area contributed by atoms with Gasteiger partial charge in [-0.25, -0.2) is 0 Å². The van der Waals surface area contributed by atoms with Gasteiger partial charge < -0.3 is 0 Å². The topological polar surface area (TPSA) is 76.5 Å². The SMILES string of the molecule is Cc1ccc(S(=O)(=O)N=C2C=CC(=O)c3ncccc32)cc1. The van der Waals surface area contributed by atoms with E-state index >= 15 is 0 Å². The van der Waals surface area contributed by atoms with E-state index in [1.165, 1.54) is 30.5 Å². The highest BCUT2D eigenvalue weighted by Crippen LogP contribution is 2.19. The van der Waals surface area contributed by atoms with Gasteiger partial charge in [-0.2, -0.15) is 12.8 Å². The summed E-state index contributed by atoms with van der Waals surface area (Å²) in [7, 11) is -3.84. The Balaban J connectivity index is 2.10. The molecule has 110 valence electrons. The third kappa shape index (κ3) is 2.60. The first-order valence-corrected chi connectivity index (χ1v) is 8.01. The van der Waals surface area contributed by atoms with Crippen molar-refractivity contribution >= 4 is 21.5 Å². The minimum absolute atomic E-state index is 0.112. The van der Waals surface area contributed by atoms with Crippen LogP contribution in [0.25, 0.3) is 0 Å². The number of sulfonamides is 1. The van der Waals surface area contributed by atoms with Crippen molar-refractivity contribution in [3.05, 3.63) is 71.6 Å². The van der Waals surface area contributed by atoms with Gasteiger partial charge in [0.25, 0.3) is 10.0 Å². The lowest BCUT2D eigenvalue weighted by Gasteiger charge is -2.10. The molecule has 5 nitrogen and oxygen atoms in total. The molecule has 1 aliphatic rings. The van der Waals surface area contributed by atoms with Crippen LogP contribution in [0.4, 0.5) is 0 Å². The van der Waals surface area contributed by atoms with E-state index in [1.807, 2.05) is 6.92 Å². The number of fused-ring (bicyclic) bond motifs is 1. The third-order valence-electron chi connectivity index (χ3n) is 3.25. The number of nitrogens with zero attached hydrogens (tertiary/aromatic N) is 2. The zero-order chi connectivity index (χ0) is 15.7. The third-order valence-corrected chi connectivity index (χ3v) is 4.55. The van der Waals surface area contributed by atoms with Crippen LogP contribution >= 0.6 is 0 Å². The number of aryl methyl sites for hydroxylation is 1. The van der Waals surface area contributed by atoms with Crippen LogP contribution in [0.5, 0.6) is 0 Å². The Morgan fingerprint density at radius 1 is 1.05 bits per heavy atom. The van der Waals surface area contributed by atoms with Gasteiger partial charge in [0, 0.05) is 11.8 Å². The first kappa shape index (κ1) is 14.3. The van der Waals surface area contributed by atoms with Crippen molar-refractivity contribution in [2.45, 2.75) is 11.8 Å². The second-order valence-electron chi connectivity index (χ2n) is 4.86. The van der Waals surface area contributed by atoms with Crippen LogP contribution in [-0.4, -0.2) is 24.9 Å². The molecule has 0 aliphatic heterocycles. The highest BCUT2D eigenvalue weighted by atomic mass is 32.2. The number of rotatable bonds is 2. The summed E-state index contributed by atoms with van der Waals surface area (Å²) in [6.07, 6.45) is 4.17. The lowest BCUT2D eigenvalue weighted by Crippen LogP contribution is -2.15. The lowest BCUT2D eigenvalue weighted by atomic mass is 10.00. The number of carbonyl (C=O) groups excluding carboxylic acids is 1. The van der Waals surface area contributed by atoms with E-state index in [4.69, 9.17) is 0 Å². The van der Waals surface area contributed by atoms with Gasteiger partial charge in [0.1, 0.15) is 5.69 Å². The highest BCUT2D eigenvalue weighted by molar-refractivity contribution is 7.90. The molecule has 1 heterocycles. The molecule has 0 fully saturated rings. The molecule has 0 saturated carbocycles. The first-order chi connectivity index (χ1) is 10.5. The van der Waals surface area contributed by atoms with E-state index in [1.54, 1.807) is 24.3 Å². The fourth-order valence-corrected chi connectivity index (χ4v) is 3.11. The molecular weight excluding hydrogens is 300 g/mol. The van der Waals surface area contributed by atoms with Gasteiger partial charge in [-0.3, -0.25) is 9.78 Å². The first-order valence-electron chi connectivity index (χ1n) is 6.57. The summed E-state index contributed by atoms with van der Waals surface area (Å²) in [6, 6.07) is 9.71. The molecule has 0 unspecified atom stereocenters. The van der Waals surface area contributed by atoms with Gasteiger partial charge in [0.15, 0.2) is 0 Å². The van der Waals surface area contributed by atoms with Crippen molar-refractivity contribution in [2.75, 3.05) is 0 Å². The zero-order valence-electron chi connectivity index (χ0n) is 11.7. The van der Waals surface area contributed by atoms with Crippen LogP contribution in [0.2, 0.25) is 0 Å². The summed E-state index contributed by atoms with van der Waals surface area (Å²) in [5.74, 6) is -0.262. The van der Waals surface area contributed by atoms with Crippen LogP contribution in [-0.2, 0) is 10.0 Å². The smallest absolute Gasteiger partial charge is 0.282 e. The number of hydrogen-bond acceptors (Lipinski definition) is 4. The van der Waals surface area contributed by atoms with E-state index in [0.29, 0.717) is 5.56 Å². The quantitative estimate of drug-likeness (QED) is 0.852. The van der Waals surface area contributed by atoms with Gasteiger partial charge >= 0.3 is 0 Å². The maximum Gasteiger partial charge on any atom is 0.282 e. The molecule has 22 heavy (non-hydrogen) atoms. The predicted octanol–water partition coefficient (Wildman–Crippen LogP) is 2.32. The summed E-state index contributed by atoms with van der Waals surface area (Å²) >= 11 is 0. The molecule has 0 radical (unpaired) electrons.